The van der Waals surface area contributed by atoms with Crippen LogP contribution in [0.25, 0.3) is 5.76 Å². The zero-order chi connectivity index (χ0) is 31.5. The first-order valence-corrected chi connectivity index (χ1v) is 14.8. The minimum Gasteiger partial charge on any atom is -0.507 e. The van der Waals surface area contributed by atoms with Crippen molar-refractivity contribution in [3.05, 3.63) is 111 Å². The molecule has 1 aliphatic rings. The molecule has 0 saturated carbocycles. The molecule has 0 radical (unpaired) electrons. The van der Waals surface area contributed by atoms with Crippen LogP contribution in [0.1, 0.15) is 56.1 Å². The van der Waals surface area contributed by atoms with Gasteiger partial charge in [0.15, 0.2) is 16.6 Å². The molecule has 44 heavy (non-hydrogen) atoms. The Morgan fingerprint density at radius 1 is 1.00 bits per heavy atom. The summed E-state index contributed by atoms with van der Waals surface area (Å²) in [7, 11) is 1.50. The van der Waals surface area contributed by atoms with E-state index in [9.17, 15) is 19.5 Å². The first kappa shape index (κ1) is 30.5. The van der Waals surface area contributed by atoms with Crippen molar-refractivity contribution >= 4 is 39.9 Å². The summed E-state index contributed by atoms with van der Waals surface area (Å²) < 4.78 is 16.9. The van der Waals surface area contributed by atoms with Gasteiger partial charge in [-0.1, -0.05) is 65.4 Å². The van der Waals surface area contributed by atoms with E-state index in [-0.39, 0.29) is 27.9 Å². The van der Waals surface area contributed by atoms with Crippen LogP contribution in [-0.2, 0) is 20.9 Å². The minimum atomic E-state index is -1.08. The average molecular weight is 613 g/mol. The highest BCUT2D eigenvalue weighted by Gasteiger charge is 2.49. The highest BCUT2D eigenvalue weighted by molar-refractivity contribution is 7.17. The van der Waals surface area contributed by atoms with Gasteiger partial charge < -0.3 is 19.3 Å². The summed E-state index contributed by atoms with van der Waals surface area (Å²) in [6, 6.07) is 19.2. The monoisotopic (exact) mass is 612 g/mol. The lowest BCUT2D eigenvalue weighted by Crippen LogP contribution is -2.29. The number of ketones is 1. The molecule has 226 valence electrons. The number of aliphatic hydroxyl groups excluding tert-OH is 1. The molecule has 3 aromatic carbocycles. The van der Waals surface area contributed by atoms with Gasteiger partial charge in [0.25, 0.3) is 5.78 Å². The SMILES string of the molecule is CCOC(=O)c1sc(N2C(=O)C(=O)C(=C(O)c3cc(C)ccc3C)C2c2ccc(OCc3ccccc3)c(OC)c2)nc1C. The van der Waals surface area contributed by atoms with E-state index in [1.165, 1.54) is 12.0 Å². The van der Waals surface area contributed by atoms with Gasteiger partial charge in [-0.25, -0.2) is 9.78 Å². The summed E-state index contributed by atoms with van der Waals surface area (Å²) in [5, 5.41) is 11.8. The van der Waals surface area contributed by atoms with Crippen LogP contribution in [0.2, 0.25) is 0 Å². The van der Waals surface area contributed by atoms with E-state index < -0.39 is 23.7 Å². The van der Waals surface area contributed by atoms with E-state index in [1.54, 1.807) is 38.1 Å². The van der Waals surface area contributed by atoms with Gasteiger partial charge in [-0.3, -0.25) is 14.5 Å². The highest BCUT2D eigenvalue weighted by atomic mass is 32.1. The van der Waals surface area contributed by atoms with E-state index in [0.717, 1.165) is 28.0 Å². The van der Waals surface area contributed by atoms with Crippen LogP contribution in [-0.4, -0.2) is 41.5 Å². The van der Waals surface area contributed by atoms with E-state index in [0.29, 0.717) is 34.9 Å². The Hall–Kier alpha value is -4.96. The molecule has 1 saturated heterocycles. The number of carbonyl (C=O) groups is 3. The molecule has 9 nitrogen and oxygen atoms in total. The van der Waals surface area contributed by atoms with E-state index in [4.69, 9.17) is 14.2 Å². The molecule has 1 aromatic heterocycles. The van der Waals surface area contributed by atoms with Crippen LogP contribution < -0.4 is 14.4 Å². The Bertz CT molecular complexity index is 1780. The Kier molecular flexibility index (Phi) is 8.82. The third-order valence-corrected chi connectivity index (χ3v) is 8.42. The summed E-state index contributed by atoms with van der Waals surface area (Å²) in [5.41, 5.74) is 3.75. The van der Waals surface area contributed by atoms with Gasteiger partial charge in [0.1, 0.15) is 17.2 Å². The van der Waals surface area contributed by atoms with Crippen molar-refractivity contribution in [2.24, 2.45) is 0 Å². The third kappa shape index (κ3) is 5.80. The Morgan fingerprint density at radius 2 is 1.75 bits per heavy atom. The van der Waals surface area contributed by atoms with Gasteiger partial charge in [0.2, 0.25) is 0 Å². The molecular formula is C34H32N2O7S. The maximum atomic E-state index is 13.7. The number of methoxy groups -OCH3 is 1. The summed E-state index contributed by atoms with van der Waals surface area (Å²) in [6.07, 6.45) is 0. The summed E-state index contributed by atoms with van der Waals surface area (Å²) in [6.45, 7) is 7.50. The fourth-order valence-electron chi connectivity index (χ4n) is 5.06. The Balaban J connectivity index is 1.65. The molecule has 0 bridgehead atoms. The summed E-state index contributed by atoms with van der Waals surface area (Å²) in [4.78, 5) is 46.0. The number of anilines is 1. The highest BCUT2D eigenvalue weighted by Crippen LogP contribution is 2.46. The minimum absolute atomic E-state index is 0.103. The van der Waals surface area contributed by atoms with Crippen LogP contribution in [0.4, 0.5) is 5.13 Å². The summed E-state index contributed by atoms with van der Waals surface area (Å²) in [5.74, 6) is -1.80. The number of aromatic nitrogens is 1. The van der Waals surface area contributed by atoms with Crippen molar-refractivity contribution in [2.45, 2.75) is 40.3 Å². The molecule has 1 amide bonds. The lowest BCUT2D eigenvalue weighted by Gasteiger charge is -2.24. The van der Waals surface area contributed by atoms with E-state index in [2.05, 4.69) is 4.98 Å². The van der Waals surface area contributed by atoms with Gasteiger partial charge in [0.05, 0.1) is 31.0 Å². The molecule has 0 aliphatic carbocycles. The molecule has 1 aliphatic heterocycles. The number of thiazole rings is 1. The molecule has 1 N–H and O–H groups in total. The topological polar surface area (TPSA) is 115 Å². The second kappa shape index (κ2) is 12.7. The van der Waals surface area contributed by atoms with Gasteiger partial charge >= 0.3 is 11.9 Å². The van der Waals surface area contributed by atoms with Crippen LogP contribution in [0.15, 0.2) is 72.3 Å². The van der Waals surface area contributed by atoms with Gasteiger partial charge in [0, 0.05) is 5.56 Å². The Labute approximate surface area is 259 Å². The van der Waals surface area contributed by atoms with Crippen molar-refractivity contribution < 1.29 is 33.7 Å². The van der Waals surface area contributed by atoms with Crippen LogP contribution in [0.5, 0.6) is 11.5 Å². The maximum Gasteiger partial charge on any atom is 0.350 e. The van der Waals surface area contributed by atoms with Crippen LogP contribution >= 0.6 is 11.3 Å². The van der Waals surface area contributed by atoms with Crippen molar-refractivity contribution in [3.8, 4) is 11.5 Å². The standard InChI is InChI=1S/C34H32N2O7S/c1-6-42-33(40)31-21(4)35-34(44-31)36-28(27(30(38)32(36)39)29(37)24-16-19(2)12-13-20(24)3)23-14-15-25(26(17-23)41-5)43-18-22-10-8-7-9-11-22/h7-17,28,37H,6,18H2,1-5H3. The number of aliphatic hydroxyl groups is 1. The first-order valence-electron chi connectivity index (χ1n) is 14.0. The first-order chi connectivity index (χ1) is 21.1. The number of Topliss-reactive ketones (excluding diaryl/α,β-unsaturated/α-hetero) is 1. The quantitative estimate of drug-likeness (QED) is 0.0992. The molecule has 0 spiro atoms. The van der Waals surface area contributed by atoms with E-state index >= 15 is 0 Å². The smallest absolute Gasteiger partial charge is 0.350 e. The third-order valence-electron chi connectivity index (χ3n) is 7.29. The zero-order valence-corrected chi connectivity index (χ0v) is 25.9. The second-order valence-electron chi connectivity index (χ2n) is 10.3. The number of hydrogen-bond acceptors (Lipinski definition) is 9. The molecule has 1 unspecified atom stereocenters. The number of rotatable bonds is 9. The zero-order valence-electron chi connectivity index (χ0n) is 25.0. The van der Waals surface area contributed by atoms with Gasteiger partial charge in [-0.15, -0.1) is 0 Å². The molecule has 10 heteroatoms. The van der Waals surface area contributed by atoms with Gasteiger partial charge in [-0.05, 0) is 62.6 Å². The predicted molar refractivity (Wildman–Crippen MR) is 167 cm³/mol. The number of amides is 1. The van der Waals surface area contributed by atoms with Crippen molar-refractivity contribution in [2.75, 3.05) is 18.6 Å². The number of ether oxygens (including phenoxy) is 3. The fraction of sp³-hybridized carbons (Fsp3) is 0.235. The molecule has 1 fully saturated rings. The van der Waals surface area contributed by atoms with Crippen LogP contribution in [0.3, 0.4) is 0 Å². The lowest BCUT2D eigenvalue weighted by molar-refractivity contribution is -0.132. The normalized spacial score (nSPS) is 15.8. The molecule has 1 atom stereocenters. The van der Waals surface area contributed by atoms with Gasteiger partial charge in [-0.2, -0.15) is 0 Å². The Morgan fingerprint density at radius 3 is 2.45 bits per heavy atom. The van der Waals surface area contributed by atoms with Crippen molar-refractivity contribution in [1.82, 2.24) is 4.98 Å². The molecular weight excluding hydrogens is 580 g/mol. The van der Waals surface area contributed by atoms with Crippen molar-refractivity contribution in [3.63, 3.8) is 0 Å². The predicted octanol–water partition coefficient (Wildman–Crippen LogP) is 6.46. The maximum absolute atomic E-state index is 13.7. The van der Waals surface area contributed by atoms with Crippen molar-refractivity contribution in [1.29, 1.82) is 0 Å². The summed E-state index contributed by atoms with van der Waals surface area (Å²) >= 11 is 0.950. The number of aryl methyl sites for hydroxylation is 3. The number of carbonyl (C=O) groups excluding carboxylic acids is 3. The largest absolute Gasteiger partial charge is 0.507 e. The van der Waals surface area contributed by atoms with Crippen LogP contribution in [0, 0.1) is 20.8 Å². The molecule has 5 rings (SSSR count). The average Bonchev–Trinajstić information content (AvgIpc) is 3.53. The fourth-order valence-corrected chi connectivity index (χ4v) is 6.05. The second-order valence-corrected chi connectivity index (χ2v) is 11.3. The molecule has 4 aromatic rings. The number of nitrogens with zero attached hydrogens (tertiary/aromatic N) is 2. The number of hydrogen-bond donors (Lipinski definition) is 1. The lowest BCUT2D eigenvalue weighted by atomic mass is 9.93. The van der Waals surface area contributed by atoms with E-state index in [1.807, 2.05) is 56.3 Å². The molecule has 2 heterocycles. The number of benzene rings is 3. The number of esters is 1.